The van der Waals surface area contributed by atoms with Crippen LogP contribution in [0.15, 0.2) is 48.5 Å². The number of carbonyl (C=O) groups is 1. The zero-order valence-corrected chi connectivity index (χ0v) is 10.4. The average Bonchev–Trinajstić information content (AvgIpc) is 2.40. The lowest BCUT2D eigenvalue weighted by molar-refractivity contribution is 0.0951. The highest BCUT2D eigenvalue weighted by molar-refractivity contribution is 6.33. The maximum atomic E-state index is 11.9. The van der Waals surface area contributed by atoms with Crippen molar-refractivity contribution >= 4 is 23.2 Å². The first-order chi connectivity index (χ1) is 8.66. The lowest BCUT2D eigenvalue weighted by atomic mass is 10.2. The van der Waals surface area contributed by atoms with E-state index in [0.717, 1.165) is 5.56 Å². The summed E-state index contributed by atoms with van der Waals surface area (Å²) in [6.45, 7) is 0.488. The van der Waals surface area contributed by atoms with Gasteiger partial charge in [-0.1, -0.05) is 41.9 Å². The largest absolute Gasteiger partial charge is 0.398 e. The van der Waals surface area contributed by atoms with E-state index >= 15 is 0 Å². The van der Waals surface area contributed by atoms with Crippen molar-refractivity contribution in [3.63, 3.8) is 0 Å². The van der Waals surface area contributed by atoms with Crippen LogP contribution in [0, 0.1) is 0 Å². The van der Waals surface area contributed by atoms with Crippen LogP contribution in [-0.4, -0.2) is 5.91 Å². The fourth-order valence-corrected chi connectivity index (χ4v) is 1.73. The lowest BCUT2D eigenvalue weighted by Crippen LogP contribution is -2.22. The Kier molecular flexibility index (Phi) is 3.85. The first-order valence-electron chi connectivity index (χ1n) is 5.54. The van der Waals surface area contributed by atoms with Crippen molar-refractivity contribution in [1.82, 2.24) is 5.32 Å². The van der Waals surface area contributed by atoms with Crippen molar-refractivity contribution in [3.8, 4) is 0 Å². The Hall–Kier alpha value is -2.00. The molecule has 1 amide bonds. The second-order valence-electron chi connectivity index (χ2n) is 3.90. The number of anilines is 1. The van der Waals surface area contributed by atoms with Gasteiger partial charge in [0.15, 0.2) is 0 Å². The molecule has 0 aliphatic rings. The van der Waals surface area contributed by atoms with Gasteiger partial charge in [-0.25, -0.2) is 0 Å². The number of nitrogen functional groups attached to an aromatic ring is 1. The van der Waals surface area contributed by atoms with E-state index in [4.69, 9.17) is 17.3 Å². The van der Waals surface area contributed by atoms with E-state index in [1.807, 2.05) is 30.3 Å². The van der Waals surface area contributed by atoms with Crippen LogP contribution in [0.5, 0.6) is 0 Å². The van der Waals surface area contributed by atoms with Crippen molar-refractivity contribution in [3.05, 3.63) is 64.7 Å². The molecule has 3 N–H and O–H groups in total. The van der Waals surface area contributed by atoms with Gasteiger partial charge in [0.2, 0.25) is 0 Å². The maximum absolute atomic E-state index is 11.9. The molecular weight excluding hydrogens is 248 g/mol. The Labute approximate surface area is 111 Å². The maximum Gasteiger partial charge on any atom is 0.251 e. The molecule has 0 unspecified atom stereocenters. The SMILES string of the molecule is Nc1ccc(C(=O)NCc2ccccc2)cc1Cl. The molecule has 2 aromatic rings. The minimum atomic E-state index is -0.166. The monoisotopic (exact) mass is 260 g/mol. The Balaban J connectivity index is 2.02. The first kappa shape index (κ1) is 12.5. The summed E-state index contributed by atoms with van der Waals surface area (Å²) in [5.74, 6) is -0.166. The Bertz CT molecular complexity index is 555. The molecule has 0 aliphatic heterocycles. The smallest absolute Gasteiger partial charge is 0.251 e. The van der Waals surface area contributed by atoms with E-state index in [2.05, 4.69) is 5.32 Å². The lowest BCUT2D eigenvalue weighted by Gasteiger charge is -2.06. The molecule has 0 aliphatic carbocycles. The molecule has 92 valence electrons. The highest BCUT2D eigenvalue weighted by Crippen LogP contribution is 2.19. The number of carbonyl (C=O) groups excluding carboxylic acids is 1. The van der Waals surface area contributed by atoms with Gasteiger partial charge < -0.3 is 11.1 Å². The van der Waals surface area contributed by atoms with E-state index in [-0.39, 0.29) is 5.91 Å². The molecule has 0 spiro atoms. The molecular formula is C14H13ClN2O. The van der Waals surface area contributed by atoms with Gasteiger partial charge in [0.05, 0.1) is 10.7 Å². The fourth-order valence-electron chi connectivity index (χ4n) is 1.55. The number of benzene rings is 2. The molecule has 0 saturated carbocycles. The summed E-state index contributed by atoms with van der Waals surface area (Å²) in [5.41, 5.74) is 7.61. The highest BCUT2D eigenvalue weighted by atomic mass is 35.5. The molecule has 0 saturated heterocycles. The number of rotatable bonds is 3. The average molecular weight is 261 g/mol. The number of halogens is 1. The van der Waals surface area contributed by atoms with Crippen LogP contribution in [0.25, 0.3) is 0 Å². The number of amides is 1. The van der Waals surface area contributed by atoms with Gasteiger partial charge in [0.1, 0.15) is 0 Å². The zero-order valence-electron chi connectivity index (χ0n) is 9.69. The molecule has 0 radical (unpaired) electrons. The van der Waals surface area contributed by atoms with Crippen molar-refractivity contribution in [2.75, 3.05) is 5.73 Å². The number of nitrogens with two attached hydrogens (primary N) is 1. The Morgan fingerprint density at radius 1 is 1.17 bits per heavy atom. The molecule has 18 heavy (non-hydrogen) atoms. The van der Waals surface area contributed by atoms with Crippen LogP contribution >= 0.6 is 11.6 Å². The second-order valence-corrected chi connectivity index (χ2v) is 4.31. The van der Waals surface area contributed by atoms with Gasteiger partial charge in [-0.3, -0.25) is 4.79 Å². The molecule has 0 heterocycles. The minimum absolute atomic E-state index is 0.166. The molecule has 0 aromatic heterocycles. The van der Waals surface area contributed by atoms with Crippen molar-refractivity contribution < 1.29 is 4.79 Å². The molecule has 4 heteroatoms. The number of hydrogen-bond acceptors (Lipinski definition) is 2. The Morgan fingerprint density at radius 3 is 2.56 bits per heavy atom. The van der Waals surface area contributed by atoms with E-state index in [0.29, 0.717) is 22.8 Å². The highest BCUT2D eigenvalue weighted by Gasteiger charge is 2.07. The summed E-state index contributed by atoms with van der Waals surface area (Å²) in [5, 5.41) is 3.21. The van der Waals surface area contributed by atoms with Crippen LogP contribution in [0.3, 0.4) is 0 Å². The standard InChI is InChI=1S/C14H13ClN2O/c15-12-8-11(6-7-13(12)16)14(18)17-9-10-4-2-1-3-5-10/h1-8H,9,16H2,(H,17,18). The van der Waals surface area contributed by atoms with Gasteiger partial charge >= 0.3 is 0 Å². The Morgan fingerprint density at radius 2 is 1.89 bits per heavy atom. The summed E-state index contributed by atoms with van der Waals surface area (Å²) < 4.78 is 0. The molecule has 3 nitrogen and oxygen atoms in total. The summed E-state index contributed by atoms with van der Waals surface area (Å²) >= 11 is 5.87. The third-order valence-electron chi connectivity index (χ3n) is 2.56. The third-order valence-corrected chi connectivity index (χ3v) is 2.89. The summed E-state index contributed by atoms with van der Waals surface area (Å²) in [4.78, 5) is 11.9. The van der Waals surface area contributed by atoms with Gasteiger partial charge in [-0.05, 0) is 23.8 Å². The first-order valence-corrected chi connectivity index (χ1v) is 5.92. The predicted molar refractivity (Wildman–Crippen MR) is 73.5 cm³/mol. The quantitative estimate of drug-likeness (QED) is 0.834. The summed E-state index contributed by atoms with van der Waals surface area (Å²) in [6, 6.07) is 14.6. The topological polar surface area (TPSA) is 55.1 Å². The minimum Gasteiger partial charge on any atom is -0.398 e. The third kappa shape index (κ3) is 3.02. The molecule has 2 rings (SSSR count). The van der Waals surface area contributed by atoms with Gasteiger partial charge in [-0.2, -0.15) is 0 Å². The molecule has 0 fully saturated rings. The summed E-state index contributed by atoms with van der Waals surface area (Å²) in [7, 11) is 0. The van der Waals surface area contributed by atoms with E-state index in [1.54, 1.807) is 18.2 Å². The van der Waals surface area contributed by atoms with E-state index < -0.39 is 0 Å². The van der Waals surface area contributed by atoms with Crippen LogP contribution in [0.4, 0.5) is 5.69 Å². The van der Waals surface area contributed by atoms with Gasteiger partial charge in [0, 0.05) is 12.1 Å². The second kappa shape index (κ2) is 5.56. The molecule has 0 bridgehead atoms. The predicted octanol–water partition coefficient (Wildman–Crippen LogP) is 2.85. The summed E-state index contributed by atoms with van der Waals surface area (Å²) in [6.07, 6.45) is 0. The van der Waals surface area contributed by atoms with E-state index in [1.165, 1.54) is 0 Å². The van der Waals surface area contributed by atoms with Crippen LogP contribution in [0.1, 0.15) is 15.9 Å². The number of hydrogen-bond donors (Lipinski definition) is 2. The van der Waals surface area contributed by atoms with Crippen LogP contribution in [-0.2, 0) is 6.54 Å². The molecule has 2 aromatic carbocycles. The van der Waals surface area contributed by atoms with Crippen molar-refractivity contribution in [1.29, 1.82) is 0 Å². The van der Waals surface area contributed by atoms with E-state index in [9.17, 15) is 4.79 Å². The molecule has 0 atom stereocenters. The zero-order chi connectivity index (χ0) is 13.0. The van der Waals surface area contributed by atoms with Crippen LogP contribution < -0.4 is 11.1 Å². The van der Waals surface area contributed by atoms with Crippen molar-refractivity contribution in [2.45, 2.75) is 6.54 Å². The van der Waals surface area contributed by atoms with Crippen LogP contribution in [0.2, 0.25) is 5.02 Å². The number of nitrogens with one attached hydrogen (secondary N) is 1. The van der Waals surface area contributed by atoms with Gasteiger partial charge in [-0.15, -0.1) is 0 Å². The normalized spacial score (nSPS) is 10.1. The fraction of sp³-hybridized carbons (Fsp3) is 0.0714. The van der Waals surface area contributed by atoms with Crippen molar-refractivity contribution in [2.24, 2.45) is 0 Å². The van der Waals surface area contributed by atoms with Gasteiger partial charge in [0.25, 0.3) is 5.91 Å².